The number of hydrogen-bond donors (Lipinski definition) is 1. The van der Waals surface area contributed by atoms with Gasteiger partial charge in [-0.1, -0.05) is 17.7 Å². The van der Waals surface area contributed by atoms with E-state index in [-0.39, 0.29) is 0 Å². The van der Waals surface area contributed by atoms with Crippen LogP contribution < -0.4 is 10.2 Å². The number of carbonyl (C=O) groups is 1. The third kappa shape index (κ3) is 2.13. The van der Waals surface area contributed by atoms with Crippen LogP contribution in [-0.2, 0) is 0 Å². The summed E-state index contributed by atoms with van der Waals surface area (Å²) in [5.41, 5.74) is 1.54. The van der Waals surface area contributed by atoms with E-state index >= 15 is 0 Å². The highest BCUT2D eigenvalue weighted by Crippen LogP contribution is 2.25. The zero-order valence-corrected chi connectivity index (χ0v) is 9.13. The van der Waals surface area contributed by atoms with Gasteiger partial charge in [0.05, 0.1) is 10.6 Å². The Bertz CT molecular complexity index is 362. The second-order valence-electron chi connectivity index (χ2n) is 3.53. The number of halogens is 1. The Morgan fingerprint density at radius 1 is 1.33 bits per heavy atom. The van der Waals surface area contributed by atoms with Crippen LogP contribution in [0.1, 0.15) is 10.4 Å². The van der Waals surface area contributed by atoms with E-state index in [1.807, 2.05) is 12.1 Å². The molecule has 80 valence electrons. The van der Waals surface area contributed by atoms with Gasteiger partial charge in [-0.2, -0.15) is 0 Å². The van der Waals surface area contributed by atoms with Crippen LogP contribution in [0.25, 0.3) is 0 Å². The van der Waals surface area contributed by atoms with E-state index in [9.17, 15) is 4.79 Å². The van der Waals surface area contributed by atoms with Crippen LogP contribution in [-0.4, -0.2) is 32.5 Å². The van der Waals surface area contributed by atoms with Crippen LogP contribution in [0.15, 0.2) is 18.2 Å². The number of piperazine rings is 1. The Kier molecular flexibility index (Phi) is 3.23. The molecule has 1 fully saturated rings. The minimum absolute atomic E-state index is 0.529. The molecule has 15 heavy (non-hydrogen) atoms. The zero-order chi connectivity index (χ0) is 10.7. The molecule has 1 aromatic carbocycles. The molecular formula is C11H13ClN2O. The predicted molar refractivity (Wildman–Crippen MR) is 61.9 cm³/mol. The molecule has 0 unspecified atom stereocenters. The summed E-state index contributed by atoms with van der Waals surface area (Å²) >= 11 is 5.98. The molecule has 0 spiro atoms. The maximum absolute atomic E-state index is 11.0. The lowest BCUT2D eigenvalue weighted by molar-refractivity contribution is 0.112. The van der Waals surface area contributed by atoms with Crippen LogP contribution in [0.3, 0.4) is 0 Å². The van der Waals surface area contributed by atoms with E-state index in [0.717, 1.165) is 38.2 Å². The first-order valence-corrected chi connectivity index (χ1v) is 5.40. The molecule has 1 aliphatic rings. The van der Waals surface area contributed by atoms with Gasteiger partial charge in [-0.05, 0) is 12.1 Å². The molecule has 0 aromatic heterocycles. The molecule has 0 saturated carbocycles. The standard InChI is InChI=1S/C11H13ClN2O/c12-10-2-1-3-11(9(10)8-15)14-6-4-13-5-7-14/h1-3,8,13H,4-7H2. The van der Waals surface area contributed by atoms with E-state index in [1.165, 1.54) is 0 Å². The fourth-order valence-electron chi connectivity index (χ4n) is 1.82. The number of hydrogen-bond acceptors (Lipinski definition) is 3. The molecule has 1 saturated heterocycles. The van der Waals surface area contributed by atoms with Crippen LogP contribution in [0, 0.1) is 0 Å². The molecular weight excluding hydrogens is 212 g/mol. The van der Waals surface area contributed by atoms with Gasteiger partial charge in [-0.25, -0.2) is 0 Å². The molecule has 0 aliphatic carbocycles. The summed E-state index contributed by atoms with van der Waals surface area (Å²) in [5.74, 6) is 0. The highest BCUT2D eigenvalue weighted by Gasteiger charge is 2.15. The third-order valence-corrected chi connectivity index (χ3v) is 2.94. The molecule has 1 aliphatic heterocycles. The second-order valence-corrected chi connectivity index (χ2v) is 3.93. The van der Waals surface area contributed by atoms with Gasteiger partial charge in [0, 0.05) is 31.9 Å². The normalized spacial score (nSPS) is 16.5. The predicted octanol–water partition coefficient (Wildman–Crippen LogP) is 1.56. The van der Waals surface area contributed by atoms with Crippen LogP contribution in [0.5, 0.6) is 0 Å². The van der Waals surface area contributed by atoms with Crippen molar-refractivity contribution >= 4 is 23.6 Å². The second kappa shape index (κ2) is 4.64. The molecule has 0 radical (unpaired) electrons. The highest BCUT2D eigenvalue weighted by atomic mass is 35.5. The summed E-state index contributed by atoms with van der Waals surface area (Å²) in [6.07, 6.45) is 0.833. The number of aldehydes is 1. The van der Waals surface area contributed by atoms with Crippen molar-refractivity contribution < 1.29 is 4.79 Å². The number of anilines is 1. The fraction of sp³-hybridized carbons (Fsp3) is 0.364. The third-order valence-electron chi connectivity index (χ3n) is 2.61. The molecule has 4 heteroatoms. The van der Waals surface area contributed by atoms with Gasteiger partial charge in [0.2, 0.25) is 0 Å². The molecule has 0 amide bonds. The average molecular weight is 225 g/mol. The lowest BCUT2D eigenvalue weighted by Crippen LogP contribution is -2.43. The summed E-state index contributed by atoms with van der Waals surface area (Å²) in [4.78, 5) is 13.2. The number of benzene rings is 1. The maximum Gasteiger partial charge on any atom is 0.153 e. The van der Waals surface area contributed by atoms with E-state index in [4.69, 9.17) is 11.6 Å². The average Bonchev–Trinajstić information content (AvgIpc) is 2.30. The van der Waals surface area contributed by atoms with Crippen molar-refractivity contribution in [1.29, 1.82) is 0 Å². The van der Waals surface area contributed by atoms with Gasteiger partial charge >= 0.3 is 0 Å². The summed E-state index contributed by atoms with van der Waals surface area (Å²) in [7, 11) is 0. The fourth-order valence-corrected chi connectivity index (χ4v) is 2.04. The topological polar surface area (TPSA) is 32.3 Å². The van der Waals surface area contributed by atoms with Gasteiger partial charge in [0.25, 0.3) is 0 Å². The van der Waals surface area contributed by atoms with E-state index in [0.29, 0.717) is 10.6 Å². The van der Waals surface area contributed by atoms with Crippen LogP contribution in [0.2, 0.25) is 5.02 Å². The minimum atomic E-state index is 0.529. The van der Waals surface area contributed by atoms with Gasteiger partial charge < -0.3 is 10.2 Å². The molecule has 0 atom stereocenters. The lowest BCUT2D eigenvalue weighted by Gasteiger charge is -2.30. The smallest absolute Gasteiger partial charge is 0.153 e. The van der Waals surface area contributed by atoms with Crippen LogP contribution in [0.4, 0.5) is 5.69 Å². The van der Waals surface area contributed by atoms with Crippen LogP contribution >= 0.6 is 11.6 Å². The van der Waals surface area contributed by atoms with Crippen molar-refractivity contribution in [3.63, 3.8) is 0 Å². The zero-order valence-electron chi connectivity index (χ0n) is 8.37. The Labute approximate surface area is 94.0 Å². The summed E-state index contributed by atoms with van der Waals surface area (Å²) in [5, 5.41) is 3.80. The van der Waals surface area contributed by atoms with Crippen molar-refractivity contribution in [3.05, 3.63) is 28.8 Å². The van der Waals surface area contributed by atoms with Crippen molar-refractivity contribution in [2.24, 2.45) is 0 Å². The SMILES string of the molecule is O=Cc1c(Cl)cccc1N1CCNCC1. The van der Waals surface area contributed by atoms with Crippen molar-refractivity contribution in [1.82, 2.24) is 5.32 Å². The van der Waals surface area contributed by atoms with E-state index in [2.05, 4.69) is 10.2 Å². The summed E-state index contributed by atoms with van der Waals surface area (Å²) < 4.78 is 0. The van der Waals surface area contributed by atoms with E-state index < -0.39 is 0 Å². The van der Waals surface area contributed by atoms with Gasteiger partial charge in [0.15, 0.2) is 6.29 Å². The Morgan fingerprint density at radius 2 is 2.07 bits per heavy atom. The van der Waals surface area contributed by atoms with Gasteiger partial charge in [-0.3, -0.25) is 4.79 Å². The Morgan fingerprint density at radius 3 is 2.73 bits per heavy atom. The van der Waals surface area contributed by atoms with Gasteiger partial charge in [0.1, 0.15) is 0 Å². The molecule has 1 heterocycles. The van der Waals surface area contributed by atoms with E-state index in [1.54, 1.807) is 6.07 Å². The largest absolute Gasteiger partial charge is 0.368 e. The molecule has 1 N–H and O–H groups in total. The first kappa shape index (κ1) is 10.5. The first-order valence-electron chi connectivity index (χ1n) is 5.02. The summed E-state index contributed by atoms with van der Waals surface area (Å²) in [6, 6.07) is 5.57. The van der Waals surface area contributed by atoms with Crippen molar-refractivity contribution in [3.8, 4) is 0 Å². The van der Waals surface area contributed by atoms with Gasteiger partial charge in [-0.15, -0.1) is 0 Å². The first-order chi connectivity index (χ1) is 7.33. The number of carbonyl (C=O) groups excluding carboxylic acids is 1. The molecule has 3 nitrogen and oxygen atoms in total. The number of nitrogens with one attached hydrogen (secondary N) is 1. The number of rotatable bonds is 2. The molecule has 0 bridgehead atoms. The lowest BCUT2D eigenvalue weighted by atomic mass is 10.1. The quantitative estimate of drug-likeness (QED) is 0.774. The summed E-state index contributed by atoms with van der Waals surface area (Å²) in [6.45, 7) is 3.73. The molecule has 1 aromatic rings. The monoisotopic (exact) mass is 224 g/mol. The van der Waals surface area contributed by atoms with Crippen molar-refractivity contribution in [2.75, 3.05) is 31.1 Å². The Balaban J connectivity index is 2.33. The molecule has 2 rings (SSSR count). The number of nitrogens with zero attached hydrogens (tertiary/aromatic N) is 1. The minimum Gasteiger partial charge on any atom is -0.368 e. The Hall–Kier alpha value is -1.06. The highest BCUT2D eigenvalue weighted by molar-refractivity contribution is 6.33. The van der Waals surface area contributed by atoms with Crippen molar-refractivity contribution in [2.45, 2.75) is 0 Å². The maximum atomic E-state index is 11.0.